The Labute approximate surface area is 90.1 Å². The molecule has 1 aromatic rings. The van der Waals surface area contributed by atoms with E-state index in [0.29, 0.717) is 10.6 Å². The van der Waals surface area contributed by atoms with Crippen LogP contribution in [0.25, 0.3) is 0 Å². The molecule has 1 aliphatic rings. The van der Waals surface area contributed by atoms with E-state index < -0.39 is 11.7 Å². The topological polar surface area (TPSA) is 12.0 Å². The molecular formula is C10H10F3NS. The number of fused-ring (bicyclic) bond motifs is 1. The van der Waals surface area contributed by atoms with Crippen molar-refractivity contribution in [2.24, 2.45) is 0 Å². The standard InChI is InChI=1S/C10H10F3NS/c11-10(12,13)7-3-1-4-8-9(7)15-6-2-5-14-8/h1,3-4,14H,2,5-6H2. The van der Waals surface area contributed by atoms with Gasteiger partial charge in [-0.15, -0.1) is 11.8 Å². The molecule has 0 bridgehead atoms. The lowest BCUT2D eigenvalue weighted by Crippen LogP contribution is -2.08. The minimum atomic E-state index is -4.26. The summed E-state index contributed by atoms with van der Waals surface area (Å²) in [5, 5.41) is 3.02. The molecule has 0 unspecified atom stereocenters. The molecule has 5 heteroatoms. The molecule has 1 N–H and O–H groups in total. The van der Waals surface area contributed by atoms with Crippen molar-refractivity contribution in [2.75, 3.05) is 17.6 Å². The third-order valence-electron chi connectivity index (χ3n) is 2.20. The maximum absolute atomic E-state index is 12.7. The van der Waals surface area contributed by atoms with Crippen LogP contribution in [0.4, 0.5) is 18.9 Å². The van der Waals surface area contributed by atoms with Crippen molar-refractivity contribution < 1.29 is 13.2 Å². The summed E-state index contributed by atoms with van der Waals surface area (Å²) >= 11 is 1.28. The number of hydrogen-bond donors (Lipinski definition) is 1. The summed E-state index contributed by atoms with van der Waals surface area (Å²) in [4.78, 5) is 0.336. The zero-order valence-electron chi connectivity index (χ0n) is 7.90. The van der Waals surface area contributed by atoms with Crippen LogP contribution in [-0.2, 0) is 6.18 Å². The maximum Gasteiger partial charge on any atom is 0.417 e. The van der Waals surface area contributed by atoms with Gasteiger partial charge in [0, 0.05) is 17.1 Å². The predicted molar refractivity (Wildman–Crippen MR) is 55.3 cm³/mol. The zero-order chi connectivity index (χ0) is 10.9. The molecule has 1 nitrogen and oxygen atoms in total. The monoisotopic (exact) mass is 233 g/mol. The molecule has 1 aliphatic heterocycles. The van der Waals surface area contributed by atoms with Gasteiger partial charge in [0.15, 0.2) is 0 Å². The molecular weight excluding hydrogens is 223 g/mol. The fourth-order valence-electron chi connectivity index (χ4n) is 1.52. The summed E-state index contributed by atoms with van der Waals surface area (Å²) in [7, 11) is 0. The van der Waals surface area contributed by atoms with E-state index >= 15 is 0 Å². The average molecular weight is 233 g/mol. The molecule has 0 spiro atoms. The number of halogens is 3. The van der Waals surface area contributed by atoms with Crippen LogP contribution in [0.15, 0.2) is 23.1 Å². The first-order valence-corrected chi connectivity index (χ1v) is 5.64. The number of nitrogens with one attached hydrogen (secondary N) is 1. The first-order valence-electron chi connectivity index (χ1n) is 4.66. The van der Waals surface area contributed by atoms with E-state index in [0.717, 1.165) is 24.8 Å². The van der Waals surface area contributed by atoms with Gasteiger partial charge >= 0.3 is 6.18 Å². The molecule has 0 saturated heterocycles. The molecule has 0 aliphatic carbocycles. The van der Waals surface area contributed by atoms with Gasteiger partial charge in [-0.2, -0.15) is 13.2 Å². The van der Waals surface area contributed by atoms with Crippen molar-refractivity contribution >= 4 is 17.4 Å². The van der Waals surface area contributed by atoms with Gasteiger partial charge in [0.05, 0.1) is 5.56 Å². The number of anilines is 1. The third-order valence-corrected chi connectivity index (χ3v) is 3.42. The number of rotatable bonds is 0. The first kappa shape index (κ1) is 10.7. The van der Waals surface area contributed by atoms with E-state index in [9.17, 15) is 13.2 Å². The Morgan fingerprint density at radius 2 is 2.07 bits per heavy atom. The normalized spacial score (nSPS) is 16.5. The second-order valence-corrected chi connectivity index (χ2v) is 4.41. The number of alkyl halides is 3. The summed E-state index contributed by atoms with van der Waals surface area (Å²) in [5.74, 6) is 0.729. The van der Waals surface area contributed by atoms with Crippen molar-refractivity contribution in [3.63, 3.8) is 0 Å². The van der Waals surface area contributed by atoms with Crippen molar-refractivity contribution in [3.8, 4) is 0 Å². The molecule has 1 aromatic carbocycles. The molecule has 0 amide bonds. The van der Waals surface area contributed by atoms with Gasteiger partial charge in [-0.1, -0.05) is 6.07 Å². The molecule has 0 fully saturated rings. The van der Waals surface area contributed by atoms with E-state index in [1.807, 2.05) is 0 Å². The number of hydrogen-bond acceptors (Lipinski definition) is 2. The lowest BCUT2D eigenvalue weighted by molar-refractivity contribution is -0.139. The molecule has 1 heterocycles. The van der Waals surface area contributed by atoms with Gasteiger partial charge in [0.2, 0.25) is 0 Å². The molecule has 2 rings (SSSR count). The Morgan fingerprint density at radius 1 is 1.27 bits per heavy atom. The van der Waals surface area contributed by atoms with Crippen LogP contribution in [0.5, 0.6) is 0 Å². The molecule has 0 radical (unpaired) electrons. The van der Waals surface area contributed by atoms with E-state index in [4.69, 9.17) is 0 Å². The highest BCUT2D eigenvalue weighted by atomic mass is 32.2. The van der Waals surface area contributed by atoms with Crippen molar-refractivity contribution in [1.82, 2.24) is 0 Å². The Bertz CT molecular complexity index is 362. The highest BCUT2D eigenvalue weighted by molar-refractivity contribution is 7.99. The predicted octanol–water partition coefficient (Wildman–Crippen LogP) is 3.61. The molecule has 0 saturated carbocycles. The van der Waals surface area contributed by atoms with Gasteiger partial charge in [0.1, 0.15) is 0 Å². The van der Waals surface area contributed by atoms with Crippen LogP contribution >= 0.6 is 11.8 Å². The van der Waals surface area contributed by atoms with Gasteiger partial charge < -0.3 is 5.32 Å². The highest BCUT2D eigenvalue weighted by Crippen LogP contribution is 2.41. The smallest absolute Gasteiger partial charge is 0.384 e. The highest BCUT2D eigenvalue weighted by Gasteiger charge is 2.34. The summed E-state index contributed by atoms with van der Waals surface area (Å²) in [6, 6.07) is 4.28. The maximum atomic E-state index is 12.7. The second-order valence-electron chi connectivity index (χ2n) is 3.31. The third kappa shape index (κ3) is 2.22. The summed E-state index contributed by atoms with van der Waals surface area (Å²) < 4.78 is 38.0. The van der Waals surface area contributed by atoms with Crippen LogP contribution in [0, 0.1) is 0 Å². The Hall–Kier alpha value is -0.840. The van der Waals surface area contributed by atoms with E-state index in [1.54, 1.807) is 6.07 Å². The molecule has 0 aromatic heterocycles. The lowest BCUT2D eigenvalue weighted by Gasteiger charge is -2.14. The zero-order valence-corrected chi connectivity index (χ0v) is 8.71. The SMILES string of the molecule is FC(F)(F)c1cccc2c1SCCCN2. The van der Waals surface area contributed by atoms with Crippen LogP contribution in [-0.4, -0.2) is 12.3 Å². The summed E-state index contributed by atoms with van der Waals surface area (Å²) in [5.41, 5.74) is 0.0757. The second kappa shape index (κ2) is 3.96. The minimum Gasteiger partial charge on any atom is -0.384 e. The molecule has 82 valence electrons. The van der Waals surface area contributed by atoms with Crippen molar-refractivity contribution in [1.29, 1.82) is 0 Å². The average Bonchev–Trinajstić information content (AvgIpc) is 2.39. The molecule has 0 atom stereocenters. The first-order chi connectivity index (χ1) is 7.09. The van der Waals surface area contributed by atoms with Crippen molar-refractivity contribution in [3.05, 3.63) is 23.8 Å². The van der Waals surface area contributed by atoms with Crippen LogP contribution in [0.1, 0.15) is 12.0 Å². The minimum absolute atomic E-state index is 0.336. The Morgan fingerprint density at radius 3 is 2.80 bits per heavy atom. The van der Waals surface area contributed by atoms with E-state index in [1.165, 1.54) is 17.8 Å². The largest absolute Gasteiger partial charge is 0.417 e. The van der Waals surface area contributed by atoms with Gasteiger partial charge in [-0.05, 0) is 24.3 Å². The fourth-order valence-corrected chi connectivity index (χ4v) is 2.65. The van der Waals surface area contributed by atoms with Gasteiger partial charge in [-0.3, -0.25) is 0 Å². The quantitative estimate of drug-likeness (QED) is 0.734. The lowest BCUT2D eigenvalue weighted by atomic mass is 10.2. The van der Waals surface area contributed by atoms with Crippen LogP contribution < -0.4 is 5.32 Å². The number of thioether (sulfide) groups is 1. The van der Waals surface area contributed by atoms with Gasteiger partial charge in [-0.25, -0.2) is 0 Å². The van der Waals surface area contributed by atoms with E-state index in [2.05, 4.69) is 5.32 Å². The van der Waals surface area contributed by atoms with Crippen molar-refractivity contribution in [2.45, 2.75) is 17.5 Å². The Balaban J connectivity index is 2.48. The van der Waals surface area contributed by atoms with Gasteiger partial charge in [0.25, 0.3) is 0 Å². The Kier molecular flexibility index (Phi) is 2.82. The summed E-state index contributed by atoms with van der Waals surface area (Å²) in [6.07, 6.45) is -3.37. The van der Waals surface area contributed by atoms with E-state index in [-0.39, 0.29) is 0 Å². The fraction of sp³-hybridized carbons (Fsp3) is 0.400. The number of benzene rings is 1. The summed E-state index contributed by atoms with van der Waals surface area (Å²) in [6.45, 7) is 0.737. The molecule has 15 heavy (non-hydrogen) atoms. The van der Waals surface area contributed by atoms with Crippen LogP contribution in [0.3, 0.4) is 0 Å². The van der Waals surface area contributed by atoms with Crippen LogP contribution in [0.2, 0.25) is 0 Å².